The van der Waals surface area contributed by atoms with Crippen LogP contribution in [0.2, 0.25) is 0 Å². The van der Waals surface area contributed by atoms with Crippen LogP contribution < -0.4 is 0 Å². The predicted molar refractivity (Wildman–Crippen MR) is 100 cm³/mol. The van der Waals surface area contributed by atoms with E-state index in [0.717, 1.165) is 6.54 Å². The van der Waals surface area contributed by atoms with Crippen molar-refractivity contribution in [3.05, 3.63) is 47.2 Å². The average Bonchev–Trinajstić information content (AvgIpc) is 2.93. The van der Waals surface area contributed by atoms with Crippen molar-refractivity contribution < 1.29 is 26.2 Å². The Kier molecular flexibility index (Phi) is 35.9. The normalized spacial score (nSPS) is 12.5. The second-order valence-corrected chi connectivity index (χ2v) is 4.97. The SMILES string of the molecule is CCC(C)[N-]CCCCC1=CC=CC1.C[N-]C.C[N-]C.[CH3-].[Zr+4]. The maximum absolute atomic E-state index is 4.57. The van der Waals surface area contributed by atoms with Gasteiger partial charge in [-0.25, -0.2) is 0 Å². The van der Waals surface area contributed by atoms with Gasteiger partial charge >= 0.3 is 26.2 Å². The quantitative estimate of drug-likeness (QED) is 0.386. The number of rotatable bonds is 7. The van der Waals surface area contributed by atoms with Crippen molar-refractivity contribution >= 4 is 0 Å². The Morgan fingerprint density at radius 3 is 2.05 bits per heavy atom. The zero-order valence-corrected chi connectivity index (χ0v) is 18.4. The van der Waals surface area contributed by atoms with Crippen molar-refractivity contribution in [2.45, 2.75) is 52.0 Å². The van der Waals surface area contributed by atoms with Crippen LogP contribution in [0.5, 0.6) is 0 Å². The Hall–Kier alpha value is 0.243. The van der Waals surface area contributed by atoms with Crippen LogP contribution in [0.15, 0.2) is 23.8 Å². The molecule has 0 saturated carbocycles. The topological polar surface area (TPSA) is 42.3 Å². The van der Waals surface area contributed by atoms with E-state index >= 15 is 0 Å². The first-order valence-electron chi connectivity index (χ1n) is 7.63. The molecule has 0 radical (unpaired) electrons. The summed E-state index contributed by atoms with van der Waals surface area (Å²) in [5.41, 5.74) is 1.59. The molecule has 1 aliphatic rings. The molecular weight excluding hydrogens is 349 g/mol. The van der Waals surface area contributed by atoms with Gasteiger partial charge in [-0.2, -0.15) is 28.2 Å². The first kappa shape index (κ1) is 30.2. The van der Waals surface area contributed by atoms with Gasteiger partial charge in [0, 0.05) is 0 Å². The van der Waals surface area contributed by atoms with Gasteiger partial charge in [-0.1, -0.05) is 56.9 Å². The Bertz CT molecular complexity index is 238. The monoisotopic (exact) mass is 385 g/mol. The first-order valence-corrected chi connectivity index (χ1v) is 7.63. The van der Waals surface area contributed by atoms with E-state index in [2.05, 4.69) is 48.0 Å². The van der Waals surface area contributed by atoms with E-state index < -0.39 is 0 Å². The third-order valence-electron chi connectivity index (χ3n) is 2.79. The van der Waals surface area contributed by atoms with Gasteiger partial charge in [-0.15, -0.1) is 12.6 Å². The van der Waals surface area contributed by atoms with Gasteiger partial charge in [-0.3, -0.25) is 0 Å². The molecule has 1 unspecified atom stereocenters. The van der Waals surface area contributed by atoms with Gasteiger partial charge < -0.3 is 23.4 Å². The molecule has 4 heteroatoms. The molecule has 0 fully saturated rings. The summed E-state index contributed by atoms with van der Waals surface area (Å²) < 4.78 is 0. The van der Waals surface area contributed by atoms with Crippen molar-refractivity contribution in [2.75, 3.05) is 34.7 Å². The summed E-state index contributed by atoms with van der Waals surface area (Å²) >= 11 is 0. The Labute approximate surface area is 159 Å². The van der Waals surface area contributed by atoms with Gasteiger partial charge in [0.05, 0.1) is 0 Å². The minimum Gasteiger partial charge on any atom is -0.668 e. The minimum atomic E-state index is 0. The molecule has 0 heterocycles. The molecule has 22 heavy (non-hydrogen) atoms. The van der Waals surface area contributed by atoms with E-state index in [-0.39, 0.29) is 33.6 Å². The molecule has 0 amide bonds. The number of allylic oxidation sites excluding steroid dienone is 4. The summed E-state index contributed by atoms with van der Waals surface area (Å²) in [5, 5.41) is 11.6. The molecular formula is C18H37N3Zr. The van der Waals surface area contributed by atoms with E-state index in [0.29, 0.717) is 6.04 Å². The number of hydrogen-bond donors (Lipinski definition) is 0. The number of nitrogens with zero attached hydrogens (tertiary/aromatic N) is 3. The number of unbranched alkanes of at least 4 members (excludes halogenated alkanes) is 1. The van der Waals surface area contributed by atoms with Gasteiger partial charge in [0.1, 0.15) is 0 Å². The summed E-state index contributed by atoms with van der Waals surface area (Å²) in [7, 11) is 7.00. The standard InChI is InChI=1S/C13H22N.2C2H6N.CH3.Zr/c1-3-12(2)14-11-7-6-10-13-8-4-5-9-13;2*1-3-2;;/h4-5,8,12H,3,6-7,9-11H2,1-2H3;2*1-2H3;1H3;/q4*-1;+4. The third-order valence-corrected chi connectivity index (χ3v) is 2.79. The van der Waals surface area contributed by atoms with Crippen LogP contribution in [0.3, 0.4) is 0 Å². The Balaban J connectivity index is -0.000000176. The first-order chi connectivity index (χ1) is 9.65. The average molecular weight is 387 g/mol. The molecule has 0 aromatic heterocycles. The fourth-order valence-electron chi connectivity index (χ4n) is 1.58. The van der Waals surface area contributed by atoms with Crippen molar-refractivity contribution in [1.29, 1.82) is 0 Å². The zero-order valence-electron chi connectivity index (χ0n) is 15.9. The van der Waals surface area contributed by atoms with E-state index in [1.807, 2.05) is 0 Å². The van der Waals surface area contributed by atoms with Crippen LogP contribution in [0.25, 0.3) is 16.0 Å². The largest absolute Gasteiger partial charge is 4.00 e. The molecule has 0 aliphatic heterocycles. The third kappa shape index (κ3) is 25.2. The second-order valence-electron chi connectivity index (χ2n) is 4.97. The molecule has 3 nitrogen and oxygen atoms in total. The van der Waals surface area contributed by atoms with Crippen LogP contribution >= 0.6 is 0 Å². The zero-order chi connectivity index (χ0) is 15.6. The summed E-state index contributed by atoms with van der Waals surface area (Å²) in [6.45, 7) is 5.45. The van der Waals surface area contributed by atoms with E-state index in [1.165, 1.54) is 32.1 Å². The maximum Gasteiger partial charge on any atom is 4.00 e. The number of hydrogen-bond acceptors (Lipinski definition) is 0. The van der Waals surface area contributed by atoms with Crippen LogP contribution in [-0.4, -0.2) is 40.8 Å². The van der Waals surface area contributed by atoms with Crippen LogP contribution in [-0.2, 0) is 26.2 Å². The Morgan fingerprint density at radius 2 is 1.64 bits per heavy atom. The van der Waals surface area contributed by atoms with Crippen LogP contribution in [0.1, 0.15) is 46.0 Å². The maximum atomic E-state index is 4.57. The molecule has 0 saturated heterocycles. The fraction of sp³-hybridized carbons (Fsp3) is 0.722. The minimum absolute atomic E-state index is 0. The van der Waals surface area contributed by atoms with Crippen LogP contribution in [0.4, 0.5) is 0 Å². The smallest absolute Gasteiger partial charge is 0.668 e. The molecule has 0 bridgehead atoms. The van der Waals surface area contributed by atoms with Gasteiger partial charge in [0.2, 0.25) is 0 Å². The Morgan fingerprint density at radius 1 is 1.09 bits per heavy atom. The molecule has 0 aromatic rings. The van der Waals surface area contributed by atoms with Gasteiger partial charge in [0.15, 0.2) is 0 Å². The van der Waals surface area contributed by atoms with Gasteiger partial charge in [0.25, 0.3) is 0 Å². The van der Waals surface area contributed by atoms with Crippen molar-refractivity contribution in [1.82, 2.24) is 0 Å². The molecule has 1 rings (SSSR count). The second kappa shape index (κ2) is 26.2. The molecule has 0 N–H and O–H groups in total. The van der Waals surface area contributed by atoms with Gasteiger partial charge in [-0.05, 0) is 12.8 Å². The molecule has 0 aromatic carbocycles. The molecule has 0 spiro atoms. The van der Waals surface area contributed by atoms with Crippen molar-refractivity contribution in [2.24, 2.45) is 0 Å². The molecule has 128 valence electrons. The van der Waals surface area contributed by atoms with E-state index in [9.17, 15) is 0 Å². The summed E-state index contributed by atoms with van der Waals surface area (Å²) in [4.78, 5) is 0. The van der Waals surface area contributed by atoms with Crippen molar-refractivity contribution in [3.8, 4) is 0 Å². The predicted octanol–water partition coefficient (Wildman–Crippen LogP) is 5.90. The summed E-state index contributed by atoms with van der Waals surface area (Å²) in [6.07, 6.45) is 12.8. The summed E-state index contributed by atoms with van der Waals surface area (Å²) in [5.74, 6) is 0. The van der Waals surface area contributed by atoms with Crippen molar-refractivity contribution in [3.63, 3.8) is 0 Å². The van der Waals surface area contributed by atoms with Crippen LogP contribution in [0, 0.1) is 7.43 Å². The summed E-state index contributed by atoms with van der Waals surface area (Å²) in [6, 6.07) is 0.558. The molecule has 1 aliphatic carbocycles. The molecule has 1 atom stereocenters. The fourth-order valence-corrected chi connectivity index (χ4v) is 1.58. The van der Waals surface area contributed by atoms with E-state index in [4.69, 9.17) is 0 Å². The van der Waals surface area contributed by atoms with E-state index in [1.54, 1.807) is 33.8 Å².